The molecule has 66 valence electrons. The quantitative estimate of drug-likeness (QED) is 0.567. The Hall–Kier alpha value is -0.990. The van der Waals surface area contributed by atoms with Crippen molar-refractivity contribution in [3.05, 3.63) is 0 Å². The summed E-state index contributed by atoms with van der Waals surface area (Å²) >= 11 is 0. The molecular formula is C9H15N3. The van der Waals surface area contributed by atoms with Crippen molar-refractivity contribution in [2.24, 2.45) is 15.0 Å². The number of rotatable bonds is 3. The van der Waals surface area contributed by atoms with E-state index in [-0.39, 0.29) is 0 Å². The molecule has 1 saturated carbocycles. The van der Waals surface area contributed by atoms with Gasteiger partial charge < -0.3 is 0 Å². The summed E-state index contributed by atoms with van der Waals surface area (Å²) in [5.41, 5.74) is 0. The van der Waals surface area contributed by atoms with E-state index in [1.807, 2.05) is 39.4 Å². The monoisotopic (exact) mass is 165 g/mol. The van der Waals surface area contributed by atoms with Crippen LogP contribution in [0.4, 0.5) is 0 Å². The lowest BCUT2D eigenvalue weighted by atomic mass is 10.6. The predicted molar refractivity (Wildman–Crippen MR) is 53.9 cm³/mol. The lowest BCUT2D eigenvalue weighted by Crippen LogP contribution is -1.85. The fraction of sp³-hybridized carbons (Fsp3) is 0.667. The lowest BCUT2D eigenvalue weighted by Gasteiger charge is -1.80. The third-order valence-corrected chi connectivity index (χ3v) is 1.87. The van der Waals surface area contributed by atoms with E-state index < -0.39 is 0 Å². The lowest BCUT2D eigenvalue weighted by molar-refractivity contribution is 0.969. The number of hydrogen-bond donors (Lipinski definition) is 0. The molecule has 0 radical (unpaired) electrons. The molecule has 0 atom stereocenters. The van der Waals surface area contributed by atoms with Crippen LogP contribution in [0.1, 0.15) is 20.8 Å². The fourth-order valence-electron chi connectivity index (χ4n) is 1.31. The molecule has 0 amide bonds. The second-order valence-corrected chi connectivity index (χ2v) is 2.69. The standard InChI is InChI=1S/C9H15N3/c1-4-10-7-8(11-5-2)9(7)12-6-3/h4-9H,1-3H3. The molecule has 0 aliphatic heterocycles. The van der Waals surface area contributed by atoms with Crippen molar-refractivity contribution < 1.29 is 0 Å². The third-order valence-electron chi connectivity index (χ3n) is 1.87. The zero-order valence-electron chi connectivity index (χ0n) is 7.81. The maximum atomic E-state index is 4.28. The highest BCUT2D eigenvalue weighted by molar-refractivity contribution is 5.59. The van der Waals surface area contributed by atoms with Crippen LogP contribution >= 0.6 is 0 Å². The van der Waals surface area contributed by atoms with E-state index in [1.165, 1.54) is 0 Å². The van der Waals surface area contributed by atoms with Crippen molar-refractivity contribution in [3.63, 3.8) is 0 Å². The first kappa shape index (κ1) is 9.10. The molecule has 0 heterocycles. The molecule has 0 aromatic carbocycles. The number of hydrogen-bond acceptors (Lipinski definition) is 3. The fourth-order valence-corrected chi connectivity index (χ4v) is 1.31. The summed E-state index contributed by atoms with van der Waals surface area (Å²) in [4.78, 5) is 12.9. The number of aliphatic imine (C=N–C) groups is 3. The van der Waals surface area contributed by atoms with Gasteiger partial charge in [0, 0.05) is 0 Å². The Kier molecular flexibility index (Phi) is 3.14. The zero-order valence-corrected chi connectivity index (χ0v) is 7.81. The van der Waals surface area contributed by atoms with Gasteiger partial charge in [-0.15, -0.1) is 0 Å². The van der Waals surface area contributed by atoms with Gasteiger partial charge in [0.1, 0.15) is 0 Å². The highest BCUT2D eigenvalue weighted by Gasteiger charge is 2.49. The Balaban J connectivity index is 2.54. The molecular weight excluding hydrogens is 150 g/mol. The highest BCUT2D eigenvalue weighted by Crippen LogP contribution is 2.32. The molecule has 1 rings (SSSR count). The molecule has 0 saturated heterocycles. The summed E-state index contributed by atoms with van der Waals surface area (Å²) in [7, 11) is 0. The van der Waals surface area contributed by atoms with Gasteiger partial charge in [-0.05, 0) is 39.4 Å². The van der Waals surface area contributed by atoms with Crippen LogP contribution in [-0.2, 0) is 0 Å². The van der Waals surface area contributed by atoms with Gasteiger partial charge in [-0.25, -0.2) is 0 Å². The molecule has 1 aliphatic carbocycles. The Morgan fingerprint density at radius 1 is 0.667 bits per heavy atom. The largest absolute Gasteiger partial charge is 0.290 e. The molecule has 1 fully saturated rings. The van der Waals surface area contributed by atoms with E-state index >= 15 is 0 Å². The summed E-state index contributed by atoms with van der Waals surface area (Å²) in [5, 5.41) is 0. The van der Waals surface area contributed by atoms with Gasteiger partial charge in [0.2, 0.25) is 0 Å². The SMILES string of the molecule is CC=NC1C(N=CC)C1N=CC. The van der Waals surface area contributed by atoms with Crippen LogP contribution in [0.25, 0.3) is 0 Å². The van der Waals surface area contributed by atoms with Crippen molar-refractivity contribution in [2.45, 2.75) is 38.9 Å². The minimum atomic E-state index is 0.294. The summed E-state index contributed by atoms with van der Waals surface area (Å²) < 4.78 is 0. The van der Waals surface area contributed by atoms with Gasteiger partial charge in [-0.2, -0.15) is 0 Å². The normalized spacial score (nSPS) is 35.8. The van der Waals surface area contributed by atoms with Gasteiger partial charge in [0.25, 0.3) is 0 Å². The van der Waals surface area contributed by atoms with Crippen molar-refractivity contribution in [1.29, 1.82) is 0 Å². The molecule has 0 aromatic rings. The Bertz CT molecular complexity index is 174. The van der Waals surface area contributed by atoms with E-state index in [0.29, 0.717) is 18.1 Å². The van der Waals surface area contributed by atoms with Gasteiger partial charge in [-0.1, -0.05) is 0 Å². The Morgan fingerprint density at radius 3 is 1.08 bits per heavy atom. The van der Waals surface area contributed by atoms with Crippen LogP contribution in [-0.4, -0.2) is 36.8 Å². The van der Waals surface area contributed by atoms with Crippen molar-refractivity contribution in [2.75, 3.05) is 0 Å². The molecule has 0 aromatic heterocycles. The van der Waals surface area contributed by atoms with Gasteiger partial charge in [0.05, 0.1) is 18.1 Å². The second-order valence-electron chi connectivity index (χ2n) is 2.69. The first-order valence-corrected chi connectivity index (χ1v) is 4.28. The van der Waals surface area contributed by atoms with Gasteiger partial charge in [0.15, 0.2) is 0 Å². The molecule has 0 bridgehead atoms. The topological polar surface area (TPSA) is 37.1 Å². The van der Waals surface area contributed by atoms with Crippen LogP contribution in [0.15, 0.2) is 15.0 Å². The van der Waals surface area contributed by atoms with E-state index in [1.54, 1.807) is 0 Å². The first-order valence-electron chi connectivity index (χ1n) is 4.28. The Morgan fingerprint density at radius 2 is 0.917 bits per heavy atom. The first-order chi connectivity index (χ1) is 5.85. The van der Waals surface area contributed by atoms with Crippen LogP contribution in [0, 0.1) is 0 Å². The summed E-state index contributed by atoms with van der Waals surface area (Å²) in [6, 6.07) is 0.882. The van der Waals surface area contributed by atoms with Crippen molar-refractivity contribution in [1.82, 2.24) is 0 Å². The van der Waals surface area contributed by atoms with E-state index in [2.05, 4.69) is 15.0 Å². The van der Waals surface area contributed by atoms with Crippen molar-refractivity contribution in [3.8, 4) is 0 Å². The van der Waals surface area contributed by atoms with Crippen LogP contribution in [0.3, 0.4) is 0 Å². The summed E-state index contributed by atoms with van der Waals surface area (Å²) in [6.45, 7) is 5.78. The highest BCUT2D eigenvalue weighted by atomic mass is 15.1. The minimum absolute atomic E-state index is 0.294. The second kappa shape index (κ2) is 4.14. The maximum Gasteiger partial charge on any atom is 0.0985 e. The molecule has 3 nitrogen and oxygen atoms in total. The number of nitrogens with zero attached hydrogens (tertiary/aromatic N) is 3. The van der Waals surface area contributed by atoms with Crippen LogP contribution < -0.4 is 0 Å². The molecule has 0 N–H and O–H groups in total. The van der Waals surface area contributed by atoms with Crippen LogP contribution in [0.2, 0.25) is 0 Å². The Labute approximate surface area is 73.3 Å². The summed E-state index contributed by atoms with van der Waals surface area (Å²) in [5.74, 6) is 0. The molecule has 0 unspecified atom stereocenters. The maximum absolute atomic E-state index is 4.28. The van der Waals surface area contributed by atoms with E-state index in [4.69, 9.17) is 0 Å². The molecule has 0 spiro atoms. The van der Waals surface area contributed by atoms with Gasteiger partial charge in [-0.3, -0.25) is 15.0 Å². The van der Waals surface area contributed by atoms with Gasteiger partial charge >= 0.3 is 0 Å². The molecule has 3 heteroatoms. The predicted octanol–water partition coefficient (Wildman–Crippen LogP) is 1.38. The average Bonchev–Trinajstić information content (AvgIpc) is 2.67. The molecule has 1 aliphatic rings. The van der Waals surface area contributed by atoms with E-state index in [9.17, 15) is 0 Å². The third kappa shape index (κ3) is 1.78. The zero-order chi connectivity index (χ0) is 8.97. The van der Waals surface area contributed by atoms with Crippen LogP contribution in [0.5, 0.6) is 0 Å². The minimum Gasteiger partial charge on any atom is -0.290 e. The molecule has 12 heavy (non-hydrogen) atoms. The van der Waals surface area contributed by atoms with Crippen molar-refractivity contribution >= 4 is 18.6 Å². The average molecular weight is 165 g/mol. The summed E-state index contributed by atoms with van der Waals surface area (Å²) in [6.07, 6.45) is 5.48. The van der Waals surface area contributed by atoms with E-state index in [0.717, 1.165) is 0 Å². The smallest absolute Gasteiger partial charge is 0.0985 e.